The molecular weight excluding hydrogens is 262 g/mol. The third-order valence-corrected chi connectivity index (χ3v) is 5.71. The lowest BCUT2D eigenvalue weighted by Gasteiger charge is -2.14. The van der Waals surface area contributed by atoms with Gasteiger partial charge < -0.3 is 5.32 Å². The quantitative estimate of drug-likeness (QED) is 0.383. The van der Waals surface area contributed by atoms with E-state index < -0.39 is 0 Å². The predicted molar refractivity (Wildman–Crippen MR) is 90.7 cm³/mol. The van der Waals surface area contributed by atoms with Gasteiger partial charge in [0.2, 0.25) is 0 Å². The van der Waals surface area contributed by atoms with E-state index in [2.05, 4.69) is 36.3 Å². The fraction of sp³-hybridized carbons (Fsp3) is 0.667. The van der Waals surface area contributed by atoms with E-state index in [0.29, 0.717) is 6.04 Å². The molecule has 1 unspecified atom stereocenters. The van der Waals surface area contributed by atoms with Crippen molar-refractivity contribution in [3.63, 3.8) is 0 Å². The summed E-state index contributed by atoms with van der Waals surface area (Å²) in [4.78, 5) is 3.24. The summed E-state index contributed by atoms with van der Waals surface area (Å²) in [5.41, 5.74) is 1.65. The molecule has 0 amide bonds. The third-order valence-electron chi connectivity index (χ3n) is 4.36. The molecule has 112 valence electrons. The summed E-state index contributed by atoms with van der Waals surface area (Å²) >= 11 is 2.07. The van der Waals surface area contributed by atoms with Gasteiger partial charge in [-0.15, -0.1) is 17.9 Å². The van der Waals surface area contributed by atoms with Crippen LogP contribution in [-0.2, 0) is 12.8 Å². The molecule has 0 spiro atoms. The van der Waals surface area contributed by atoms with Gasteiger partial charge in [0.15, 0.2) is 0 Å². The number of rotatable bonds is 8. The van der Waals surface area contributed by atoms with Gasteiger partial charge >= 0.3 is 0 Å². The summed E-state index contributed by atoms with van der Waals surface area (Å²) in [6, 6.07) is 3.06. The van der Waals surface area contributed by atoms with Crippen LogP contribution in [0.1, 0.15) is 72.7 Å². The molecule has 0 aliphatic heterocycles. The Morgan fingerprint density at radius 2 is 2.10 bits per heavy atom. The van der Waals surface area contributed by atoms with Crippen LogP contribution in [0, 0.1) is 0 Å². The highest BCUT2D eigenvalue weighted by atomic mass is 32.1. The molecule has 0 aromatic carbocycles. The highest BCUT2D eigenvalue weighted by molar-refractivity contribution is 7.12. The van der Waals surface area contributed by atoms with E-state index in [0.717, 1.165) is 6.42 Å². The molecule has 0 bridgehead atoms. The number of aryl methyl sites for hydroxylation is 2. The zero-order valence-electron chi connectivity index (χ0n) is 12.9. The van der Waals surface area contributed by atoms with Crippen LogP contribution in [0.3, 0.4) is 0 Å². The monoisotopic (exact) mass is 291 g/mol. The number of hydrogen-bond acceptors (Lipinski definition) is 2. The van der Waals surface area contributed by atoms with Gasteiger partial charge in [0, 0.05) is 15.8 Å². The Morgan fingerprint density at radius 3 is 2.90 bits per heavy atom. The Kier molecular flexibility index (Phi) is 6.81. The van der Waals surface area contributed by atoms with E-state index in [4.69, 9.17) is 0 Å². The maximum Gasteiger partial charge on any atom is 0.0412 e. The summed E-state index contributed by atoms with van der Waals surface area (Å²) in [7, 11) is 2.11. The van der Waals surface area contributed by atoms with Crippen molar-refractivity contribution in [1.29, 1.82) is 0 Å². The second kappa shape index (κ2) is 8.63. The zero-order valence-corrected chi connectivity index (χ0v) is 13.7. The SMILES string of the molecule is C=CCCCCCC(NC)c1cc2c(s1)CCCCC2. The van der Waals surface area contributed by atoms with Gasteiger partial charge in [-0.05, 0) is 63.6 Å². The molecule has 1 aliphatic carbocycles. The van der Waals surface area contributed by atoms with E-state index in [-0.39, 0.29) is 0 Å². The lowest BCUT2D eigenvalue weighted by Crippen LogP contribution is -2.15. The summed E-state index contributed by atoms with van der Waals surface area (Å²) < 4.78 is 0. The number of unbranched alkanes of at least 4 members (excludes halogenated alkanes) is 3. The number of thiophene rings is 1. The minimum absolute atomic E-state index is 0.565. The molecule has 0 radical (unpaired) electrons. The summed E-state index contributed by atoms with van der Waals surface area (Å²) in [6.07, 6.45) is 15.2. The lowest BCUT2D eigenvalue weighted by atomic mass is 10.0. The van der Waals surface area contributed by atoms with Crippen LogP contribution in [0.2, 0.25) is 0 Å². The van der Waals surface area contributed by atoms with Gasteiger partial charge in [-0.1, -0.05) is 25.3 Å². The minimum Gasteiger partial charge on any atom is -0.312 e. The first kappa shape index (κ1) is 15.8. The van der Waals surface area contributed by atoms with Crippen molar-refractivity contribution in [1.82, 2.24) is 5.32 Å². The van der Waals surface area contributed by atoms with E-state index in [1.807, 2.05) is 6.08 Å². The van der Waals surface area contributed by atoms with Crippen LogP contribution in [0.5, 0.6) is 0 Å². The fourth-order valence-corrected chi connectivity index (χ4v) is 4.51. The van der Waals surface area contributed by atoms with Gasteiger partial charge in [0.1, 0.15) is 0 Å². The third kappa shape index (κ3) is 4.46. The van der Waals surface area contributed by atoms with Crippen LogP contribution in [-0.4, -0.2) is 7.05 Å². The van der Waals surface area contributed by atoms with Crippen molar-refractivity contribution in [2.75, 3.05) is 7.05 Å². The average molecular weight is 292 g/mol. The van der Waals surface area contributed by atoms with Crippen molar-refractivity contribution >= 4 is 11.3 Å². The first-order valence-electron chi connectivity index (χ1n) is 8.24. The zero-order chi connectivity index (χ0) is 14.2. The second-order valence-electron chi connectivity index (χ2n) is 5.93. The molecule has 0 saturated carbocycles. The molecule has 2 rings (SSSR count). The molecule has 1 atom stereocenters. The Hall–Kier alpha value is -0.600. The maximum atomic E-state index is 3.79. The van der Waals surface area contributed by atoms with Gasteiger partial charge in [-0.25, -0.2) is 0 Å². The molecule has 20 heavy (non-hydrogen) atoms. The Morgan fingerprint density at radius 1 is 1.25 bits per heavy atom. The summed E-state index contributed by atoms with van der Waals surface area (Å²) in [6.45, 7) is 3.79. The van der Waals surface area contributed by atoms with E-state index >= 15 is 0 Å². The van der Waals surface area contributed by atoms with E-state index in [1.54, 1.807) is 15.3 Å². The van der Waals surface area contributed by atoms with Crippen LogP contribution in [0.4, 0.5) is 0 Å². The largest absolute Gasteiger partial charge is 0.312 e. The molecule has 1 N–H and O–H groups in total. The Bertz CT molecular complexity index is 384. The van der Waals surface area contributed by atoms with Crippen LogP contribution < -0.4 is 5.32 Å². The molecule has 1 heterocycles. The smallest absolute Gasteiger partial charge is 0.0412 e. The topological polar surface area (TPSA) is 12.0 Å². The molecule has 0 saturated heterocycles. The first-order chi connectivity index (χ1) is 9.85. The number of hydrogen-bond donors (Lipinski definition) is 1. The highest BCUT2D eigenvalue weighted by Gasteiger charge is 2.17. The number of nitrogens with one attached hydrogen (secondary N) is 1. The van der Waals surface area contributed by atoms with Crippen molar-refractivity contribution in [2.24, 2.45) is 0 Å². The van der Waals surface area contributed by atoms with Crippen molar-refractivity contribution in [3.8, 4) is 0 Å². The molecule has 1 nitrogen and oxygen atoms in total. The van der Waals surface area contributed by atoms with E-state index in [9.17, 15) is 0 Å². The van der Waals surface area contributed by atoms with Crippen LogP contribution >= 0.6 is 11.3 Å². The normalized spacial score (nSPS) is 16.4. The molecule has 1 aromatic heterocycles. The molecular formula is C18H29NS. The number of allylic oxidation sites excluding steroid dienone is 1. The average Bonchev–Trinajstić information content (AvgIpc) is 2.73. The van der Waals surface area contributed by atoms with Crippen molar-refractivity contribution in [2.45, 2.75) is 70.3 Å². The van der Waals surface area contributed by atoms with Gasteiger partial charge in [-0.2, -0.15) is 0 Å². The van der Waals surface area contributed by atoms with Gasteiger partial charge in [0.25, 0.3) is 0 Å². The van der Waals surface area contributed by atoms with Gasteiger partial charge in [-0.3, -0.25) is 0 Å². The Labute approximate surface area is 128 Å². The van der Waals surface area contributed by atoms with Crippen LogP contribution in [0.15, 0.2) is 18.7 Å². The standard InChI is InChI=1S/C18H29NS/c1-3-4-5-6-9-12-16(19-2)18-14-15-11-8-7-10-13-17(15)20-18/h3,14,16,19H,1,4-13H2,2H3. The fourth-order valence-electron chi connectivity index (χ4n) is 3.10. The van der Waals surface area contributed by atoms with Crippen molar-refractivity contribution in [3.05, 3.63) is 34.0 Å². The molecule has 1 aliphatic rings. The Balaban J connectivity index is 1.88. The van der Waals surface area contributed by atoms with Crippen LogP contribution in [0.25, 0.3) is 0 Å². The highest BCUT2D eigenvalue weighted by Crippen LogP contribution is 2.33. The lowest BCUT2D eigenvalue weighted by molar-refractivity contribution is 0.514. The maximum absolute atomic E-state index is 3.79. The summed E-state index contributed by atoms with van der Waals surface area (Å²) in [5.74, 6) is 0. The first-order valence-corrected chi connectivity index (χ1v) is 9.06. The van der Waals surface area contributed by atoms with Crippen molar-refractivity contribution < 1.29 is 0 Å². The predicted octanol–water partition coefficient (Wildman–Crippen LogP) is 5.41. The second-order valence-corrected chi connectivity index (χ2v) is 7.09. The minimum atomic E-state index is 0.565. The number of fused-ring (bicyclic) bond motifs is 1. The van der Waals surface area contributed by atoms with Gasteiger partial charge in [0.05, 0.1) is 0 Å². The summed E-state index contributed by atoms with van der Waals surface area (Å²) in [5, 5.41) is 3.52. The molecule has 0 fully saturated rings. The molecule has 2 heteroatoms. The van der Waals surface area contributed by atoms with E-state index in [1.165, 1.54) is 57.8 Å². The molecule has 1 aromatic rings.